The smallest absolute Gasteiger partial charge is 0.150 e. The van der Waals surface area contributed by atoms with Crippen LogP contribution in [0.15, 0.2) is 22.7 Å². The van der Waals surface area contributed by atoms with Crippen LogP contribution in [0.3, 0.4) is 0 Å². The standard InChI is InChI=1S/C12H15BrO2/c1-9(2)5-6-15-12-4-3-10(8-14)7-11(12)13/h3-4,7-9H,5-6H2,1-2H3. The van der Waals surface area contributed by atoms with Gasteiger partial charge >= 0.3 is 0 Å². The molecule has 0 aromatic heterocycles. The number of aldehydes is 1. The Morgan fingerprint density at radius 3 is 2.73 bits per heavy atom. The van der Waals surface area contributed by atoms with Gasteiger partial charge in [0.2, 0.25) is 0 Å². The van der Waals surface area contributed by atoms with Gasteiger partial charge in [0.1, 0.15) is 12.0 Å². The molecule has 0 saturated heterocycles. The minimum absolute atomic E-state index is 0.637. The van der Waals surface area contributed by atoms with Crippen LogP contribution in [0.2, 0.25) is 0 Å². The zero-order valence-corrected chi connectivity index (χ0v) is 10.6. The SMILES string of the molecule is CC(C)CCOc1ccc(C=O)cc1Br. The summed E-state index contributed by atoms with van der Waals surface area (Å²) in [5.74, 6) is 1.43. The number of halogens is 1. The lowest BCUT2D eigenvalue weighted by Gasteiger charge is -2.09. The maximum atomic E-state index is 10.5. The third-order valence-corrected chi connectivity index (χ3v) is 2.66. The molecule has 2 nitrogen and oxygen atoms in total. The summed E-state index contributed by atoms with van der Waals surface area (Å²) in [7, 11) is 0. The van der Waals surface area contributed by atoms with Crippen molar-refractivity contribution in [1.82, 2.24) is 0 Å². The highest BCUT2D eigenvalue weighted by Crippen LogP contribution is 2.25. The lowest BCUT2D eigenvalue weighted by molar-refractivity contribution is 0.112. The van der Waals surface area contributed by atoms with Crippen molar-refractivity contribution in [3.63, 3.8) is 0 Å². The zero-order chi connectivity index (χ0) is 11.3. The first-order valence-electron chi connectivity index (χ1n) is 5.01. The van der Waals surface area contributed by atoms with Gasteiger partial charge < -0.3 is 4.74 Å². The summed E-state index contributed by atoms with van der Waals surface area (Å²) in [4.78, 5) is 10.5. The molecule has 0 aliphatic heterocycles. The number of carbonyl (C=O) groups is 1. The molecule has 0 aliphatic carbocycles. The Morgan fingerprint density at radius 2 is 2.20 bits per heavy atom. The van der Waals surface area contributed by atoms with E-state index in [1.165, 1.54) is 0 Å². The molecule has 0 saturated carbocycles. The predicted octanol–water partition coefficient (Wildman–Crippen LogP) is 3.69. The van der Waals surface area contributed by atoms with Crippen molar-refractivity contribution in [2.24, 2.45) is 5.92 Å². The summed E-state index contributed by atoms with van der Waals surface area (Å²) in [6, 6.07) is 5.33. The topological polar surface area (TPSA) is 26.3 Å². The second-order valence-corrected chi connectivity index (χ2v) is 4.69. The highest BCUT2D eigenvalue weighted by molar-refractivity contribution is 9.10. The van der Waals surface area contributed by atoms with Gasteiger partial charge in [-0.3, -0.25) is 4.79 Å². The number of hydrogen-bond acceptors (Lipinski definition) is 2. The Morgan fingerprint density at radius 1 is 1.47 bits per heavy atom. The van der Waals surface area contributed by atoms with Gasteiger partial charge in [0.25, 0.3) is 0 Å². The molecule has 0 amide bonds. The Kier molecular flexibility index (Phi) is 4.82. The molecule has 0 radical (unpaired) electrons. The van der Waals surface area contributed by atoms with Crippen LogP contribution in [-0.2, 0) is 0 Å². The molecule has 1 rings (SSSR count). The zero-order valence-electron chi connectivity index (χ0n) is 9.00. The van der Waals surface area contributed by atoms with Gasteiger partial charge in [-0.2, -0.15) is 0 Å². The van der Waals surface area contributed by atoms with Crippen LogP contribution in [-0.4, -0.2) is 12.9 Å². The van der Waals surface area contributed by atoms with Gasteiger partial charge in [0, 0.05) is 5.56 Å². The first-order valence-corrected chi connectivity index (χ1v) is 5.80. The minimum atomic E-state index is 0.637. The fourth-order valence-electron chi connectivity index (χ4n) is 1.11. The summed E-state index contributed by atoms with van der Waals surface area (Å²) in [5.41, 5.74) is 0.651. The van der Waals surface area contributed by atoms with Crippen LogP contribution in [0.4, 0.5) is 0 Å². The van der Waals surface area contributed by atoms with E-state index in [-0.39, 0.29) is 0 Å². The van der Waals surface area contributed by atoms with Crippen molar-refractivity contribution in [2.75, 3.05) is 6.61 Å². The molecular formula is C12H15BrO2. The quantitative estimate of drug-likeness (QED) is 0.763. The third-order valence-electron chi connectivity index (χ3n) is 2.04. The molecule has 0 atom stereocenters. The van der Waals surface area contributed by atoms with Gasteiger partial charge in [-0.25, -0.2) is 0 Å². The molecule has 0 spiro atoms. The molecule has 0 aliphatic rings. The van der Waals surface area contributed by atoms with E-state index in [0.717, 1.165) is 22.9 Å². The van der Waals surface area contributed by atoms with Crippen molar-refractivity contribution in [1.29, 1.82) is 0 Å². The highest BCUT2D eigenvalue weighted by atomic mass is 79.9. The molecular weight excluding hydrogens is 256 g/mol. The van der Waals surface area contributed by atoms with Crippen LogP contribution in [0.5, 0.6) is 5.75 Å². The second-order valence-electron chi connectivity index (χ2n) is 3.84. The minimum Gasteiger partial charge on any atom is -0.492 e. The molecule has 0 fully saturated rings. The fourth-order valence-corrected chi connectivity index (χ4v) is 1.62. The molecule has 0 unspecified atom stereocenters. The summed E-state index contributed by atoms with van der Waals surface area (Å²) in [5, 5.41) is 0. The van der Waals surface area contributed by atoms with Crippen LogP contribution >= 0.6 is 15.9 Å². The first kappa shape index (κ1) is 12.2. The van der Waals surface area contributed by atoms with Crippen molar-refractivity contribution in [3.8, 4) is 5.75 Å². The van der Waals surface area contributed by atoms with E-state index in [0.29, 0.717) is 18.1 Å². The lowest BCUT2D eigenvalue weighted by atomic mass is 10.1. The van der Waals surface area contributed by atoms with Crippen molar-refractivity contribution < 1.29 is 9.53 Å². The van der Waals surface area contributed by atoms with Crippen molar-refractivity contribution in [3.05, 3.63) is 28.2 Å². The van der Waals surface area contributed by atoms with Crippen LogP contribution < -0.4 is 4.74 Å². The highest BCUT2D eigenvalue weighted by Gasteiger charge is 2.02. The maximum Gasteiger partial charge on any atom is 0.150 e. The molecule has 0 N–H and O–H groups in total. The van der Waals surface area contributed by atoms with E-state index in [1.54, 1.807) is 12.1 Å². The van der Waals surface area contributed by atoms with Crippen LogP contribution in [0, 0.1) is 5.92 Å². The number of rotatable bonds is 5. The molecule has 0 bridgehead atoms. The van der Waals surface area contributed by atoms with Gasteiger partial charge in [-0.15, -0.1) is 0 Å². The summed E-state index contributed by atoms with van der Waals surface area (Å²) < 4.78 is 6.41. The van der Waals surface area contributed by atoms with E-state index >= 15 is 0 Å². The van der Waals surface area contributed by atoms with Gasteiger partial charge in [0.15, 0.2) is 0 Å². The van der Waals surface area contributed by atoms with E-state index in [2.05, 4.69) is 29.8 Å². The number of ether oxygens (including phenoxy) is 1. The number of carbonyl (C=O) groups excluding carboxylic acids is 1. The molecule has 0 heterocycles. The molecule has 3 heteroatoms. The molecule has 1 aromatic carbocycles. The Hall–Kier alpha value is -0.830. The normalized spacial score (nSPS) is 10.4. The lowest BCUT2D eigenvalue weighted by Crippen LogP contribution is -2.01. The van der Waals surface area contributed by atoms with E-state index in [4.69, 9.17) is 4.74 Å². The number of hydrogen-bond donors (Lipinski definition) is 0. The number of benzene rings is 1. The van der Waals surface area contributed by atoms with E-state index in [1.807, 2.05) is 6.07 Å². The maximum absolute atomic E-state index is 10.5. The molecule has 1 aromatic rings. The summed E-state index contributed by atoms with van der Waals surface area (Å²) in [6.07, 6.45) is 1.85. The molecule has 15 heavy (non-hydrogen) atoms. The van der Waals surface area contributed by atoms with Crippen LogP contribution in [0.1, 0.15) is 30.6 Å². The average molecular weight is 271 g/mol. The van der Waals surface area contributed by atoms with E-state index < -0.39 is 0 Å². The second kappa shape index (κ2) is 5.91. The Balaban J connectivity index is 2.58. The average Bonchev–Trinajstić information content (AvgIpc) is 2.20. The van der Waals surface area contributed by atoms with Crippen molar-refractivity contribution in [2.45, 2.75) is 20.3 Å². The van der Waals surface area contributed by atoms with Gasteiger partial charge in [0.05, 0.1) is 11.1 Å². The van der Waals surface area contributed by atoms with Gasteiger partial charge in [-0.1, -0.05) is 13.8 Å². The fraction of sp³-hybridized carbons (Fsp3) is 0.417. The van der Waals surface area contributed by atoms with Crippen molar-refractivity contribution >= 4 is 22.2 Å². The summed E-state index contributed by atoms with van der Waals surface area (Å²) >= 11 is 3.37. The Labute approximate surface area is 98.8 Å². The van der Waals surface area contributed by atoms with E-state index in [9.17, 15) is 4.79 Å². The van der Waals surface area contributed by atoms with Crippen LogP contribution in [0.25, 0.3) is 0 Å². The third kappa shape index (κ3) is 4.04. The summed E-state index contributed by atoms with van der Waals surface area (Å²) in [6.45, 7) is 5.03. The van der Waals surface area contributed by atoms with Gasteiger partial charge in [-0.05, 0) is 46.5 Å². The Bertz CT molecular complexity index is 334. The monoisotopic (exact) mass is 270 g/mol. The predicted molar refractivity (Wildman–Crippen MR) is 64.5 cm³/mol. The first-order chi connectivity index (χ1) is 7.13. The largest absolute Gasteiger partial charge is 0.492 e. The molecule has 82 valence electrons.